The van der Waals surface area contributed by atoms with Crippen LogP contribution in [0.1, 0.15) is 27.0 Å². The molecule has 2 aromatic carbocycles. The van der Waals surface area contributed by atoms with Gasteiger partial charge in [-0.25, -0.2) is 4.79 Å². The molecular formula is C16H15NO4. The summed E-state index contributed by atoms with van der Waals surface area (Å²) < 4.78 is 5.29. The number of hydrogen-bond donors (Lipinski definition) is 0. The molecule has 0 aliphatic carbocycles. The number of carbonyl (C=O) groups is 1. The van der Waals surface area contributed by atoms with Crippen molar-refractivity contribution in [2.45, 2.75) is 20.8 Å². The Morgan fingerprint density at radius 1 is 1.10 bits per heavy atom. The Labute approximate surface area is 122 Å². The maximum absolute atomic E-state index is 12.2. The van der Waals surface area contributed by atoms with E-state index in [2.05, 4.69) is 0 Å². The molecule has 0 saturated heterocycles. The van der Waals surface area contributed by atoms with Gasteiger partial charge in [-0.15, -0.1) is 0 Å². The van der Waals surface area contributed by atoms with Gasteiger partial charge in [0.25, 0.3) is 5.69 Å². The van der Waals surface area contributed by atoms with E-state index in [-0.39, 0.29) is 11.3 Å². The number of esters is 1. The lowest BCUT2D eigenvalue weighted by atomic mass is 10.1. The van der Waals surface area contributed by atoms with E-state index in [1.54, 1.807) is 12.1 Å². The first-order valence-corrected chi connectivity index (χ1v) is 6.43. The lowest BCUT2D eigenvalue weighted by Gasteiger charge is -2.08. The van der Waals surface area contributed by atoms with E-state index in [9.17, 15) is 14.9 Å². The molecule has 21 heavy (non-hydrogen) atoms. The van der Waals surface area contributed by atoms with Crippen LogP contribution in [0, 0.1) is 30.9 Å². The minimum absolute atomic E-state index is 0.0930. The second-order valence-electron chi connectivity index (χ2n) is 4.84. The van der Waals surface area contributed by atoms with Gasteiger partial charge in [-0.1, -0.05) is 12.1 Å². The molecule has 0 aliphatic rings. The number of hydrogen-bond acceptors (Lipinski definition) is 4. The van der Waals surface area contributed by atoms with E-state index in [1.807, 2.05) is 19.9 Å². The number of carbonyl (C=O) groups excluding carboxylic acids is 1. The van der Waals surface area contributed by atoms with Crippen LogP contribution in [0.4, 0.5) is 5.69 Å². The van der Waals surface area contributed by atoms with Gasteiger partial charge in [0, 0.05) is 11.6 Å². The van der Waals surface area contributed by atoms with Crippen LogP contribution in [-0.2, 0) is 0 Å². The molecule has 0 heterocycles. The van der Waals surface area contributed by atoms with Crippen LogP contribution < -0.4 is 4.74 Å². The molecule has 2 aromatic rings. The average Bonchev–Trinajstić information content (AvgIpc) is 2.42. The summed E-state index contributed by atoms with van der Waals surface area (Å²) in [5.41, 5.74) is 2.51. The summed E-state index contributed by atoms with van der Waals surface area (Å²) in [6.07, 6.45) is 0. The maximum Gasteiger partial charge on any atom is 0.344 e. The minimum atomic E-state index is -0.598. The molecule has 0 fully saturated rings. The number of aryl methyl sites for hydroxylation is 2. The van der Waals surface area contributed by atoms with Crippen molar-refractivity contribution < 1.29 is 14.5 Å². The average molecular weight is 285 g/mol. The molecule has 0 unspecified atom stereocenters. The van der Waals surface area contributed by atoms with Crippen molar-refractivity contribution in [1.29, 1.82) is 0 Å². The Bertz CT molecular complexity index is 722. The predicted molar refractivity (Wildman–Crippen MR) is 78.7 cm³/mol. The Kier molecular flexibility index (Phi) is 4.03. The molecule has 0 atom stereocenters. The van der Waals surface area contributed by atoms with E-state index >= 15 is 0 Å². The quantitative estimate of drug-likeness (QED) is 0.373. The van der Waals surface area contributed by atoms with Gasteiger partial charge in [-0.05, 0) is 50.1 Å². The van der Waals surface area contributed by atoms with Crippen LogP contribution >= 0.6 is 0 Å². The smallest absolute Gasteiger partial charge is 0.344 e. The van der Waals surface area contributed by atoms with Gasteiger partial charge in [0.15, 0.2) is 0 Å². The van der Waals surface area contributed by atoms with Crippen LogP contribution in [0.25, 0.3) is 0 Å². The number of nitro benzene ring substituents is 1. The number of benzene rings is 2. The number of nitrogens with zero attached hydrogens (tertiary/aromatic N) is 1. The third-order valence-electron chi connectivity index (χ3n) is 3.41. The molecule has 108 valence electrons. The zero-order valence-electron chi connectivity index (χ0n) is 12.0. The molecule has 0 bridgehead atoms. The van der Waals surface area contributed by atoms with Crippen LogP contribution in [0.5, 0.6) is 5.75 Å². The van der Waals surface area contributed by atoms with Crippen molar-refractivity contribution >= 4 is 11.7 Å². The molecule has 0 spiro atoms. The largest absolute Gasteiger partial charge is 0.423 e. The molecule has 0 saturated carbocycles. The highest BCUT2D eigenvalue weighted by Gasteiger charge is 2.19. The summed E-state index contributed by atoms with van der Waals surface area (Å²) in [5.74, 6) is -0.173. The Morgan fingerprint density at radius 2 is 1.81 bits per heavy atom. The Hall–Kier alpha value is -2.69. The maximum atomic E-state index is 12.2. The summed E-state index contributed by atoms with van der Waals surface area (Å²) in [6.45, 7) is 5.42. The molecule has 2 rings (SSSR count). The molecular weight excluding hydrogens is 270 g/mol. The van der Waals surface area contributed by atoms with Crippen LogP contribution in [0.15, 0.2) is 36.4 Å². The predicted octanol–water partition coefficient (Wildman–Crippen LogP) is 3.74. The summed E-state index contributed by atoms with van der Waals surface area (Å²) >= 11 is 0. The van der Waals surface area contributed by atoms with Gasteiger partial charge >= 0.3 is 5.97 Å². The molecule has 0 aliphatic heterocycles. The van der Waals surface area contributed by atoms with Crippen molar-refractivity contribution in [1.82, 2.24) is 0 Å². The highest BCUT2D eigenvalue weighted by Crippen LogP contribution is 2.23. The fraction of sp³-hybridized carbons (Fsp3) is 0.188. The van der Waals surface area contributed by atoms with Crippen molar-refractivity contribution in [2.24, 2.45) is 0 Å². The van der Waals surface area contributed by atoms with Gasteiger partial charge in [-0.3, -0.25) is 10.1 Å². The second kappa shape index (κ2) is 5.75. The van der Waals surface area contributed by atoms with Crippen LogP contribution in [0.3, 0.4) is 0 Å². The topological polar surface area (TPSA) is 69.4 Å². The Morgan fingerprint density at radius 3 is 2.43 bits per heavy atom. The summed E-state index contributed by atoms with van der Waals surface area (Å²) in [5, 5.41) is 10.9. The lowest BCUT2D eigenvalue weighted by molar-refractivity contribution is -0.385. The van der Waals surface area contributed by atoms with Crippen molar-refractivity contribution in [2.75, 3.05) is 0 Å². The number of nitro groups is 1. The zero-order valence-corrected chi connectivity index (χ0v) is 12.0. The van der Waals surface area contributed by atoms with Gasteiger partial charge in [0.1, 0.15) is 5.75 Å². The lowest BCUT2D eigenvalue weighted by Crippen LogP contribution is -2.11. The zero-order chi connectivity index (χ0) is 15.6. The van der Waals surface area contributed by atoms with Crippen LogP contribution in [0.2, 0.25) is 0 Å². The van der Waals surface area contributed by atoms with Gasteiger partial charge < -0.3 is 4.74 Å². The first-order chi connectivity index (χ1) is 9.90. The number of ether oxygens (including phenoxy) is 1. The fourth-order valence-electron chi connectivity index (χ4n) is 1.98. The minimum Gasteiger partial charge on any atom is -0.423 e. The molecule has 0 aromatic heterocycles. The third kappa shape index (κ3) is 3.08. The Balaban J connectivity index is 2.30. The van der Waals surface area contributed by atoms with Crippen molar-refractivity contribution in [3.63, 3.8) is 0 Å². The van der Waals surface area contributed by atoms with Crippen molar-refractivity contribution in [3.05, 3.63) is 68.8 Å². The molecule has 5 heteroatoms. The summed E-state index contributed by atoms with van der Waals surface area (Å²) in [7, 11) is 0. The SMILES string of the molecule is Cc1ccc(OC(=O)c2cccc([N+](=O)[O-])c2C)cc1C. The highest BCUT2D eigenvalue weighted by molar-refractivity contribution is 5.93. The van der Waals surface area contributed by atoms with Gasteiger partial charge in [-0.2, -0.15) is 0 Å². The summed E-state index contributed by atoms with van der Waals surface area (Å²) in [6, 6.07) is 9.68. The second-order valence-corrected chi connectivity index (χ2v) is 4.84. The number of rotatable bonds is 3. The molecule has 0 N–H and O–H groups in total. The first-order valence-electron chi connectivity index (χ1n) is 6.43. The van der Waals surface area contributed by atoms with E-state index in [4.69, 9.17) is 4.74 Å². The molecule has 5 nitrogen and oxygen atoms in total. The van der Waals surface area contributed by atoms with Crippen LogP contribution in [-0.4, -0.2) is 10.9 Å². The van der Waals surface area contributed by atoms with E-state index in [1.165, 1.54) is 25.1 Å². The van der Waals surface area contributed by atoms with Gasteiger partial charge in [0.05, 0.1) is 10.5 Å². The van der Waals surface area contributed by atoms with E-state index in [0.29, 0.717) is 11.3 Å². The first kappa shape index (κ1) is 14.7. The third-order valence-corrected chi connectivity index (χ3v) is 3.41. The standard InChI is InChI=1S/C16H15NO4/c1-10-7-8-13(9-11(10)2)21-16(18)14-5-4-6-15(12(14)3)17(19)20/h4-9H,1-3H3. The monoisotopic (exact) mass is 285 g/mol. The fourth-order valence-corrected chi connectivity index (χ4v) is 1.98. The van der Waals surface area contributed by atoms with E-state index < -0.39 is 10.9 Å². The normalized spacial score (nSPS) is 10.2. The highest BCUT2D eigenvalue weighted by atomic mass is 16.6. The summed E-state index contributed by atoms with van der Waals surface area (Å²) in [4.78, 5) is 22.5. The van der Waals surface area contributed by atoms with Gasteiger partial charge in [0.2, 0.25) is 0 Å². The molecule has 0 radical (unpaired) electrons. The van der Waals surface area contributed by atoms with E-state index in [0.717, 1.165) is 11.1 Å². The van der Waals surface area contributed by atoms with Crippen molar-refractivity contribution in [3.8, 4) is 5.75 Å². The molecule has 0 amide bonds.